The minimum atomic E-state index is -0.796. The number of carbonyl (C=O) groups excluding carboxylic acids is 3. The maximum absolute atomic E-state index is 13.2. The maximum atomic E-state index is 13.2. The molecule has 1 saturated heterocycles. The number of anilines is 1. The fraction of sp³-hybridized carbons (Fsp3) is 0.111. The largest absolute Gasteiger partial charge is 0.488 e. The van der Waals surface area contributed by atoms with Gasteiger partial charge in [-0.1, -0.05) is 42.5 Å². The highest BCUT2D eigenvalue weighted by atomic mass is 16.5. The van der Waals surface area contributed by atoms with E-state index in [0.29, 0.717) is 28.1 Å². The van der Waals surface area contributed by atoms with Crippen molar-refractivity contribution in [2.75, 3.05) is 4.90 Å². The molecular weight excluding hydrogens is 430 g/mol. The Morgan fingerprint density at radius 2 is 1.65 bits per heavy atom. The fourth-order valence-corrected chi connectivity index (χ4v) is 3.77. The number of hydrogen-bond donors (Lipinski definition) is 1. The SMILES string of the molecule is Cc1cc(C)cc(N2C(=O)NC(=O)/C(=C\c3ccccc3OCc3ccccc3C#N)C2=O)c1. The summed E-state index contributed by atoms with van der Waals surface area (Å²) >= 11 is 0. The van der Waals surface area contributed by atoms with Crippen LogP contribution in [0.25, 0.3) is 6.08 Å². The summed E-state index contributed by atoms with van der Waals surface area (Å²) < 4.78 is 5.92. The van der Waals surface area contributed by atoms with E-state index in [1.54, 1.807) is 54.6 Å². The molecule has 0 aromatic heterocycles. The van der Waals surface area contributed by atoms with E-state index < -0.39 is 17.8 Å². The summed E-state index contributed by atoms with van der Waals surface area (Å²) in [4.78, 5) is 39.3. The predicted molar refractivity (Wildman–Crippen MR) is 127 cm³/mol. The number of nitrogens with zero attached hydrogens (tertiary/aromatic N) is 2. The Bertz CT molecular complexity index is 1360. The van der Waals surface area contributed by atoms with E-state index in [1.165, 1.54) is 6.08 Å². The van der Waals surface area contributed by atoms with Gasteiger partial charge in [0.15, 0.2) is 0 Å². The number of ether oxygens (including phenoxy) is 1. The van der Waals surface area contributed by atoms with Crippen LogP contribution in [-0.2, 0) is 16.2 Å². The topological polar surface area (TPSA) is 99.5 Å². The van der Waals surface area contributed by atoms with Crippen molar-refractivity contribution >= 4 is 29.6 Å². The normalized spacial score (nSPS) is 14.7. The summed E-state index contributed by atoms with van der Waals surface area (Å²) in [6.07, 6.45) is 1.41. The van der Waals surface area contributed by atoms with Gasteiger partial charge in [-0.05, 0) is 55.3 Å². The number of benzene rings is 3. The second kappa shape index (κ2) is 9.43. The van der Waals surface area contributed by atoms with Crippen molar-refractivity contribution in [3.05, 3.63) is 100 Å². The van der Waals surface area contributed by atoms with Crippen LogP contribution in [0.2, 0.25) is 0 Å². The number of nitriles is 1. The van der Waals surface area contributed by atoms with Gasteiger partial charge in [0.1, 0.15) is 17.9 Å². The third kappa shape index (κ3) is 4.57. The molecule has 0 saturated carbocycles. The van der Waals surface area contributed by atoms with Crippen LogP contribution >= 0.6 is 0 Å². The molecule has 3 aromatic rings. The molecule has 1 fully saturated rings. The quantitative estimate of drug-likeness (QED) is 0.457. The molecule has 1 aliphatic rings. The van der Waals surface area contributed by atoms with Crippen LogP contribution in [-0.4, -0.2) is 17.8 Å². The Hall–Kier alpha value is -4.70. The van der Waals surface area contributed by atoms with Crippen LogP contribution < -0.4 is 15.0 Å². The lowest BCUT2D eigenvalue weighted by atomic mass is 10.0. The number of hydrogen-bond acceptors (Lipinski definition) is 5. The summed E-state index contributed by atoms with van der Waals surface area (Å²) in [5.41, 5.74) is 3.67. The lowest BCUT2D eigenvalue weighted by molar-refractivity contribution is -0.122. The molecule has 4 amide bonds. The number of rotatable bonds is 5. The number of amides is 4. The molecule has 0 bridgehead atoms. The molecule has 0 aliphatic carbocycles. The summed E-state index contributed by atoms with van der Waals surface area (Å²) in [7, 11) is 0. The molecule has 1 heterocycles. The monoisotopic (exact) mass is 451 g/mol. The van der Waals surface area contributed by atoms with Gasteiger partial charge < -0.3 is 4.74 Å². The van der Waals surface area contributed by atoms with E-state index in [9.17, 15) is 19.6 Å². The highest BCUT2D eigenvalue weighted by molar-refractivity contribution is 6.39. The summed E-state index contributed by atoms with van der Waals surface area (Å²) in [6.45, 7) is 3.86. The van der Waals surface area contributed by atoms with Gasteiger partial charge in [0.2, 0.25) is 0 Å². The fourth-order valence-electron chi connectivity index (χ4n) is 3.77. The number of aryl methyl sites for hydroxylation is 2. The van der Waals surface area contributed by atoms with Crippen LogP contribution in [0.15, 0.2) is 72.3 Å². The van der Waals surface area contributed by atoms with Gasteiger partial charge in [-0.25, -0.2) is 9.69 Å². The highest BCUT2D eigenvalue weighted by Gasteiger charge is 2.37. The molecule has 168 valence electrons. The molecule has 0 spiro atoms. The van der Waals surface area contributed by atoms with Crippen molar-refractivity contribution in [3.8, 4) is 11.8 Å². The van der Waals surface area contributed by atoms with E-state index in [4.69, 9.17) is 4.74 Å². The van der Waals surface area contributed by atoms with Crippen LogP contribution in [0.5, 0.6) is 5.75 Å². The van der Waals surface area contributed by atoms with E-state index in [2.05, 4.69) is 11.4 Å². The smallest absolute Gasteiger partial charge is 0.335 e. The van der Waals surface area contributed by atoms with Crippen molar-refractivity contribution in [1.29, 1.82) is 5.26 Å². The van der Waals surface area contributed by atoms with E-state index >= 15 is 0 Å². The first-order valence-electron chi connectivity index (χ1n) is 10.6. The molecule has 0 unspecified atom stereocenters. The number of urea groups is 1. The zero-order chi connectivity index (χ0) is 24.2. The van der Waals surface area contributed by atoms with Gasteiger partial charge in [0.05, 0.1) is 17.3 Å². The molecule has 1 aliphatic heterocycles. The van der Waals surface area contributed by atoms with Gasteiger partial charge in [0, 0.05) is 11.1 Å². The van der Waals surface area contributed by atoms with Crippen molar-refractivity contribution in [3.63, 3.8) is 0 Å². The summed E-state index contributed by atoms with van der Waals surface area (Å²) in [5, 5.41) is 11.5. The second-order valence-corrected chi connectivity index (χ2v) is 7.90. The van der Waals surface area contributed by atoms with E-state index in [1.807, 2.05) is 26.0 Å². The van der Waals surface area contributed by atoms with E-state index in [0.717, 1.165) is 16.0 Å². The molecule has 0 radical (unpaired) electrons. The zero-order valence-corrected chi connectivity index (χ0v) is 18.7. The molecule has 7 heteroatoms. The number of imide groups is 2. The Morgan fingerprint density at radius 1 is 0.971 bits per heavy atom. The van der Waals surface area contributed by atoms with Crippen molar-refractivity contribution in [1.82, 2.24) is 5.32 Å². The van der Waals surface area contributed by atoms with Gasteiger partial charge >= 0.3 is 6.03 Å². The van der Waals surface area contributed by atoms with Gasteiger partial charge in [0.25, 0.3) is 11.8 Å². The first-order chi connectivity index (χ1) is 16.4. The van der Waals surface area contributed by atoms with Gasteiger partial charge in [-0.3, -0.25) is 14.9 Å². The van der Waals surface area contributed by atoms with Crippen LogP contribution in [0.1, 0.15) is 27.8 Å². The van der Waals surface area contributed by atoms with Gasteiger partial charge in [-0.2, -0.15) is 5.26 Å². The van der Waals surface area contributed by atoms with Crippen LogP contribution in [0.3, 0.4) is 0 Å². The van der Waals surface area contributed by atoms with Crippen molar-refractivity contribution in [2.45, 2.75) is 20.5 Å². The summed E-state index contributed by atoms with van der Waals surface area (Å²) in [5.74, 6) is -1.07. The minimum Gasteiger partial charge on any atom is -0.488 e. The van der Waals surface area contributed by atoms with Gasteiger partial charge in [-0.15, -0.1) is 0 Å². The molecule has 4 rings (SSSR count). The summed E-state index contributed by atoms with van der Waals surface area (Å²) in [6, 6.07) is 20.7. The van der Waals surface area contributed by atoms with Crippen LogP contribution in [0.4, 0.5) is 10.5 Å². The van der Waals surface area contributed by atoms with Crippen LogP contribution in [0, 0.1) is 25.2 Å². The van der Waals surface area contributed by atoms with E-state index in [-0.39, 0.29) is 12.2 Å². The Kier molecular flexibility index (Phi) is 6.24. The molecule has 3 aromatic carbocycles. The molecule has 0 atom stereocenters. The molecule has 7 nitrogen and oxygen atoms in total. The Labute approximate surface area is 196 Å². The third-order valence-electron chi connectivity index (χ3n) is 5.31. The van der Waals surface area contributed by atoms with Crippen molar-refractivity contribution in [2.24, 2.45) is 0 Å². The Morgan fingerprint density at radius 3 is 2.38 bits per heavy atom. The lowest BCUT2D eigenvalue weighted by Crippen LogP contribution is -2.54. The first kappa shape index (κ1) is 22.5. The zero-order valence-electron chi connectivity index (χ0n) is 18.7. The highest BCUT2D eigenvalue weighted by Crippen LogP contribution is 2.27. The minimum absolute atomic E-state index is 0.136. The molecule has 1 N–H and O–H groups in total. The standard InChI is InChI=1S/C27H21N3O4/c1-17-11-18(2)13-22(12-17)30-26(32)23(25(31)29-27(30)33)14-19-7-5-6-10-24(19)34-16-21-9-4-3-8-20(21)15-28/h3-14H,16H2,1-2H3,(H,29,31,33)/b23-14+. The molecule has 34 heavy (non-hydrogen) atoms. The lowest BCUT2D eigenvalue weighted by Gasteiger charge is -2.27. The predicted octanol–water partition coefficient (Wildman–Crippen LogP) is 4.42. The average molecular weight is 451 g/mol. The second-order valence-electron chi connectivity index (χ2n) is 7.90. The maximum Gasteiger partial charge on any atom is 0.335 e. The average Bonchev–Trinajstić information content (AvgIpc) is 2.80. The number of barbiturate groups is 1. The molecular formula is C27H21N3O4. The number of nitrogens with one attached hydrogen (secondary N) is 1. The van der Waals surface area contributed by atoms with Crippen molar-refractivity contribution < 1.29 is 19.1 Å². The Balaban J connectivity index is 1.67. The number of carbonyl (C=O) groups is 3. The first-order valence-corrected chi connectivity index (χ1v) is 10.6. The number of para-hydroxylation sites is 1. The third-order valence-corrected chi connectivity index (χ3v) is 5.31.